The fourth-order valence-corrected chi connectivity index (χ4v) is 3.50. The van der Waals surface area contributed by atoms with Crippen molar-refractivity contribution in [2.75, 3.05) is 0 Å². The third kappa shape index (κ3) is 3.20. The highest BCUT2D eigenvalue weighted by molar-refractivity contribution is 7.18. The zero-order valence-corrected chi connectivity index (χ0v) is 13.3. The van der Waals surface area contributed by atoms with Crippen LogP contribution in [0.2, 0.25) is 10.0 Å². The third-order valence-electron chi connectivity index (χ3n) is 3.26. The van der Waals surface area contributed by atoms with E-state index < -0.39 is 0 Å². The molecule has 0 saturated heterocycles. The lowest BCUT2D eigenvalue weighted by Crippen LogP contribution is -2.29. The molecule has 0 spiro atoms. The minimum Gasteiger partial charge on any atom is -0.271 e. The number of hydrogen-bond acceptors (Lipinski definition) is 4. The van der Waals surface area contributed by atoms with Gasteiger partial charge in [0, 0.05) is 6.42 Å². The Balaban J connectivity index is 1.88. The molecule has 2 aromatic carbocycles. The minimum atomic E-state index is -0.0553. The van der Waals surface area contributed by atoms with Gasteiger partial charge in [-0.2, -0.15) is 0 Å². The van der Waals surface area contributed by atoms with Gasteiger partial charge in [-0.15, -0.1) is 11.3 Å². The molecule has 0 aliphatic rings. The topological polar surface area (TPSA) is 50.9 Å². The number of fused-ring (bicyclic) bond motifs is 1. The number of hydrogen-bond donors (Lipinski definition) is 2. The van der Waals surface area contributed by atoms with E-state index in [1.165, 1.54) is 4.70 Å². The molecule has 1 unspecified atom stereocenters. The van der Waals surface area contributed by atoms with Crippen molar-refractivity contribution in [1.29, 1.82) is 0 Å². The summed E-state index contributed by atoms with van der Waals surface area (Å²) in [5.74, 6) is 5.69. The average molecular weight is 338 g/mol. The molecule has 3 N–H and O–H groups in total. The molecule has 6 heteroatoms. The van der Waals surface area contributed by atoms with E-state index in [2.05, 4.69) is 16.5 Å². The predicted molar refractivity (Wildman–Crippen MR) is 89.9 cm³/mol. The number of benzene rings is 2. The molecule has 0 amide bonds. The van der Waals surface area contributed by atoms with E-state index in [1.807, 2.05) is 30.3 Å². The van der Waals surface area contributed by atoms with Crippen LogP contribution in [0.1, 0.15) is 16.6 Å². The molecule has 0 saturated carbocycles. The van der Waals surface area contributed by atoms with Crippen LogP contribution in [-0.4, -0.2) is 4.98 Å². The molecule has 1 aromatic heterocycles. The summed E-state index contributed by atoms with van der Waals surface area (Å²) < 4.78 is 1.18. The van der Waals surface area contributed by atoms with E-state index in [-0.39, 0.29) is 6.04 Å². The maximum Gasteiger partial charge on any atom is 0.0958 e. The highest BCUT2D eigenvalue weighted by Crippen LogP contribution is 2.29. The van der Waals surface area contributed by atoms with Crippen LogP contribution in [0.15, 0.2) is 42.5 Å². The van der Waals surface area contributed by atoms with Crippen LogP contribution >= 0.6 is 34.5 Å². The molecule has 3 nitrogen and oxygen atoms in total. The Morgan fingerprint density at radius 2 is 1.95 bits per heavy atom. The van der Waals surface area contributed by atoms with Gasteiger partial charge in [-0.3, -0.25) is 11.3 Å². The summed E-state index contributed by atoms with van der Waals surface area (Å²) in [5.41, 5.74) is 4.83. The summed E-state index contributed by atoms with van der Waals surface area (Å²) in [6.45, 7) is 0. The van der Waals surface area contributed by atoms with Crippen molar-refractivity contribution in [3.63, 3.8) is 0 Å². The van der Waals surface area contributed by atoms with Gasteiger partial charge in [0.25, 0.3) is 0 Å². The van der Waals surface area contributed by atoms with Crippen molar-refractivity contribution >= 4 is 44.8 Å². The van der Waals surface area contributed by atoms with Crippen molar-refractivity contribution in [3.05, 3.63) is 63.1 Å². The van der Waals surface area contributed by atoms with Crippen molar-refractivity contribution in [3.8, 4) is 0 Å². The molecule has 108 valence electrons. The highest BCUT2D eigenvalue weighted by Gasteiger charge is 2.14. The smallest absolute Gasteiger partial charge is 0.0958 e. The molecule has 3 aromatic rings. The maximum atomic E-state index is 6.07. The Hall–Kier alpha value is -1.17. The molecule has 21 heavy (non-hydrogen) atoms. The quantitative estimate of drug-likeness (QED) is 0.549. The Kier molecular flexibility index (Phi) is 4.42. The van der Waals surface area contributed by atoms with Crippen LogP contribution in [0.4, 0.5) is 0 Å². The molecule has 0 radical (unpaired) electrons. The number of para-hydroxylation sites is 1. The van der Waals surface area contributed by atoms with Gasteiger partial charge < -0.3 is 0 Å². The first kappa shape index (κ1) is 14.8. The normalized spacial score (nSPS) is 12.7. The van der Waals surface area contributed by atoms with Crippen LogP contribution in [0.25, 0.3) is 10.2 Å². The molecular weight excluding hydrogens is 325 g/mol. The summed E-state index contributed by atoms with van der Waals surface area (Å²) in [5, 5.41) is 2.10. The summed E-state index contributed by atoms with van der Waals surface area (Å²) in [7, 11) is 0. The fraction of sp³-hybridized carbons (Fsp3) is 0.133. The lowest BCUT2D eigenvalue weighted by molar-refractivity contribution is 0.551. The molecule has 0 aliphatic carbocycles. The molecule has 0 fully saturated rings. The Bertz CT molecular complexity index is 739. The zero-order chi connectivity index (χ0) is 14.8. The Morgan fingerprint density at radius 3 is 2.67 bits per heavy atom. The van der Waals surface area contributed by atoms with Gasteiger partial charge in [-0.25, -0.2) is 4.98 Å². The second-order valence-electron chi connectivity index (χ2n) is 4.67. The number of nitrogens with two attached hydrogens (primary N) is 1. The van der Waals surface area contributed by atoms with Gasteiger partial charge in [-0.05, 0) is 29.8 Å². The summed E-state index contributed by atoms with van der Waals surface area (Å²) in [4.78, 5) is 4.63. The van der Waals surface area contributed by atoms with Gasteiger partial charge in [0.1, 0.15) is 0 Å². The number of rotatable bonds is 4. The average Bonchev–Trinajstić information content (AvgIpc) is 2.90. The molecule has 3 rings (SSSR count). The number of nitrogens with one attached hydrogen (secondary N) is 1. The van der Waals surface area contributed by atoms with Crippen LogP contribution in [0.3, 0.4) is 0 Å². The minimum absolute atomic E-state index is 0.0553. The lowest BCUT2D eigenvalue weighted by atomic mass is 10.0. The summed E-state index contributed by atoms with van der Waals surface area (Å²) >= 11 is 13.7. The summed E-state index contributed by atoms with van der Waals surface area (Å²) in [6, 6.07) is 13.6. The number of aromatic nitrogens is 1. The van der Waals surface area contributed by atoms with Crippen LogP contribution in [0, 0.1) is 0 Å². The molecule has 1 heterocycles. The van der Waals surface area contributed by atoms with E-state index in [1.54, 1.807) is 17.4 Å². The van der Waals surface area contributed by atoms with E-state index in [9.17, 15) is 0 Å². The second-order valence-corrected chi connectivity index (χ2v) is 6.60. The zero-order valence-electron chi connectivity index (χ0n) is 11.0. The number of hydrazine groups is 1. The standard InChI is InChI=1S/C15H13Cl2N3S/c16-10-6-5-9(7-11(10)17)13(20-18)8-15-19-12-3-1-2-4-14(12)21-15/h1-7,13,20H,8,18H2. The van der Waals surface area contributed by atoms with Crippen LogP contribution in [0.5, 0.6) is 0 Å². The number of thiazole rings is 1. The monoisotopic (exact) mass is 337 g/mol. The van der Waals surface area contributed by atoms with Crippen LogP contribution < -0.4 is 11.3 Å². The number of nitrogens with zero attached hydrogens (tertiary/aromatic N) is 1. The second kappa shape index (κ2) is 6.30. The predicted octanol–water partition coefficient (Wildman–Crippen LogP) is 4.35. The fourth-order valence-electron chi connectivity index (χ4n) is 2.18. The Labute approximate surface area is 136 Å². The van der Waals surface area contributed by atoms with Gasteiger partial charge in [0.15, 0.2) is 0 Å². The molecule has 0 bridgehead atoms. The largest absolute Gasteiger partial charge is 0.271 e. The molecule has 1 atom stereocenters. The van der Waals surface area contributed by atoms with Crippen LogP contribution in [-0.2, 0) is 6.42 Å². The third-order valence-corrected chi connectivity index (χ3v) is 5.06. The molecular formula is C15H13Cl2N3S. The van der Waals surface area contributed by atoms with Gasteiger partial charge in [0.05, 0.1) is 31.3 Å². The Morgan fingerprint density at radius 1 is 1.14 bits per heavy atom. The first-order valence-corrected chi connectivity index (χ1v) is 8.00. The molecule has 0 aliphatic heterocycles. The van der Waals surface area contributed by atoms with E-state index in [4.69, 9.17) is 29.0 Å². The summed E-state index contributed by atoms with van der Waals surface area (Å²) in [6.07, 6.45) is 0.702. The SMILES string of the molecule is NNC(Cc1nc2ccccc2s1)c1ccc(Cl)c(Cl)c1. The highest BCUT2D eigenvalue weighted by atomic mass is 35.5. The van der Waals surface area contributed by atoms with Gasteiger partial charge >= 0.3 is 0 Å². The van der Waals surface area contributed by atoms with Crippen molar-refractivity contribution in [2.45, 2.75) is 12.5 Å². The van der Waals surface area contributed by atoms with E-state index in [0.717, 1.165) is 16.1 Å². The van der Waals surface area contributed by atoms with Crippen molar-refractivity contribution in [2.24, 2.45) is 5.84 Å². The lowest BCUT2D eigenvalue weighted by Gasteiger charge is -2.15. The van der Waals surface area contributed by atoms with Gasteiger partial charge in [0.2, 0.25) is 0 Å². The van der Waals surface area contributed by atoms with E-state index in [0.29, 0.717) is 16.5 Å². The van der Waals surface area contributed by atoms with E-state index >= 15 is 0 Å². The first-order valence-electron chi connectivity index (χ1n) is 6.43. The number of halogens is 2. The first-order chi connectivity index (χ1) is 10.2. The van der Waals surface area contributed by atoms with Crippen molar-refractivity contribution in [1.82, 2.24) is 10.4 Å². The maximum absolute atomic E-state index is 6.07. The van der Waals surface area contributed by atoms with Crippen molar-refractivity contribution < 1.29 is 0 Å². The van der Waals surface area contributed by atoms with Gasteiger partial charge in [-0.1, -0.05) is 41.4 Å².